The Labute approximate surface area is 169 Å². The molecule has 0 unspecified atom stereocenters. The van der Waals surface area contributed by atoms with Gasteiger partial charge in [-0.1, -0.05) is 36.4 Å². The quantitative estimate of drug-likeness (QED) is 0.465. The highest BCUT2D eigenvalue weighted by Crippen LogP contribution is 2.28. The fourth-order valence-electron chi connectivity index (χ4n) is 2.61. The number of hydrazone groups is 1. The molecule has 0 aromatic heterocycles. The molecule has 3 aromatic carbocycles. The van der Waals surface area contributed by atoms with Crippen molar-refractivity contribution in [2.75, 3.05) is 14.2 Å². The van der Waals surface area contributed by atoms with E-state index in [9.17, 15) is 4.79 Å². The number of nitrogens with one attached hydrogen (secondary N) is 1. The number of nitrogens with zero attached hydrogens (tertiary/aromatic N) is 1. The van der Waals surface area contributed by atoms with Crippen LogP contribution in [0.15, 0.2) is 77.9 Å². The Morgan fingerprint density at radius 2 is 1.76 bits per heavy atom. The van der Waals surface area contributed by atoms with Crippen molar-refractivity contribution in [2.45, 2.75) is 6.61 Å². The van der Waals surface area contributed by atoms with E-state index in [1.54, 1.807) is 50.8 Å². The molecule has 0 aliphatic heterocycles. The number of amides is 1. The van der Waals surface area contributed by atoms with E-state index >= 15 is 0 Å². The number of rotatable bonds is 8. The van der Waals surface area contributed by atoms with E-state index in [4.69, 9.17) is 14.2 Å². The Balaban J connectivity index is 1.62. The van der Waals surface area contributed by atoms with Crippen LogP contribution in [0.1, 0.15) is 21.5 Å². The van der Waals surface area contributed by atoms with Crippen molar-refractivity contribution in [3.8, 4) is 17.2 Å². The van der Waals surface area contributed by atoms with Crippen molar-refractivity contribution in [1.29, 1.82) is 0 Å². The average Bonchev–Trinajstić information content (AvgIpc) is 2.78. The van der Waals surface area contributed by atoms with Crippen molar-refractivity contribution < 1.29 is 19.0 Å². The SMILES string of the molecule is COc1cccc(C(=O)N/N=C\c2ccc(OCc3ccccc3)c(OC)c2)c1. The van der Waals surface area contributed by atoms with Gasteiger partial charge in [-0.3, -0.25) is 4.79 Å². The first-order chi connectivity index (χ1) is 14.2. The van der Waals surface area contributed by atoms with Crippen LogP contribution in [0.4, 0.5) is 0 Å². The number of methoxy groups -OCH3 is 2. The summed E-state index contributed by atoms with van der Waals surface area (Å²) in [6.07, 6.45) is 1.54. The van der Waals surface area contributed by atoms with Crippen molar-refractivity contribution in [3.05, 3.63) is 89.5 Å². The maximum absolute atomic E-state index is 12.2. The maximum atomic E-state index is 12.2. The molecule has 0 spiro atoms. The fourth-order valence-corrected chi connectivity index (χ4v) is 2.61. The van der Waals surface area contributed by atoms with Crippen LogP contribution in [0.5, 0.6) is 17.2 Å². The first-order valence-electron chi connectivity index (χ1n) is 9.02. The summed E-state index contributed by atoms with van der Waals surface area (Å²) in [6.45, 7) is 0.446. The molecule has 0 bridgehead atoms. The number of hydrogen-bond acceptors (Lipinski definition) is 5. The topological polar surface area (TPSA) is 69.2 Å². The molecule has 6 heteroatoms. The van der Waals surface area contributed by atoms with Gasteiger partial charge in [0.15, 0.2) is 11.5 Å². The van der Waals surface area contributed by atoms with E-state index in [1.165, 1.54) is 0 Å². The molecule has 3 rings (SSSR count). The Morgan fingerprint density at radius 3 is 2.52 bits per heavy atom. The lowest BCUT2D eigenvalue weighted by Crippen LogP contribution is -2.17. The predicted octanol–water partition coefficient (Wildman–Crippen LogP) is 4.05. The number of hydrogen-bond donors (Lipinski definition) is 1. The molecule has 0 saturated heterocycles. The Hall–Kier alpha value is -3.80. The van der Waals surface area contributed by atoms with Crippen LogP contribution in [0.25, 0.3) is 0 Å². The van der Waals surface area contributed by atoms with Crippen LogP contribution in [0.3, 0.4) is 0 Å². The first-order valence-corrected chi connectivity index (χ1v) is 9.02. The van der Waals surface area contributed by atoms with Gasteiger partial charge < -0.3 is 14.2 Å². The standard InChI is InChI=1S/C23H22N2O4/c1-27-20-10-6-9-19(14-20)23(26)25-24-15-18-11-12-21(22(13-18)28-2)29-16-17-7-4-3-5-8-17/h3-15H,16H2,1-2H3,(H,25,26)/b24-15-. The lowest BCUT2D eigenvalue weighted by molar-refractivity contribution is 0.0955. The van der Waals surface area contributed by atoms with Crippen LogP contribution < -0.4 is 19.6 Å². The second-order valence-electron chi connectivity index (χ2n) is 6.12. The van der Waals surface area contributed by atoms with Crippen LogP contribution in [0, 0.1) is 0 Å². The molecule has 3 aromatic rings. The van der Waals surface area contributed by atoms with Gasteiger partial charge in [-0.05, 0) is 47.5 Å². The molecule has 1 amide bonds. The molecular weight excluding hydrogens is 368 g/mol. The minimum atomic E-state index is -0.324. The second-order valence-corrected chi connectivity index (χ2v) is 6.12. The smallest absolute Gasteiger partial charge is 0.271 e. The summed E-state index contributed by atoms with van der Waals surface area (Å²) in [7, 11) is 3.13. The third kappa shape index (κ3) is 5.59. The molecule has 6 nitrogen and oxygen atoms in total. The molecule has 0 atom stereocenters. The highest BCUT2D eigenvalue weighted by Gasteiger charge is 2.07. The van der Waals surface area contributed by atoms with E-state index in [2.05, 4.69) is 10.5 Å². The van der Waals surface area contributed by atoms with Gasteiger partial charge in [-0.25, -0.2) is 5.43 Å². The molecule has 0 fully saturated rings. The summed E-state index contributed by atoms with van der Waals surface area (Å²) < 4.78 is 16.4. The van der Waals surface area contributed by atoms with E-state index in [1.807, 2.05) is 42.5 Å². The first kappa shape index (κ1) is 19.9. The Bertz CT molecular complexity index is 987. The number of ether oxygens (including phenoxy) is 3. The van der Waals surface area contributed by atoms with Crippen LogP contribution in [-0.2, 0) is 6.61 Å². The summed E-state index contributed by atoms with van der Waals surface area (Å²) in [5, 5.41) is 4.01. The third-order valence-corrected chi connectivity index (χ3v) is 4.14. The van der Waals surface area contributed by atoms with Gasteiger partial charge in [0.25, 0.3) is 5.91 Å². The summed E-state index contributed by atoms with van der Waals surface area (Å²) in [5.41, 5.74) is 4.80. The van der Waals surface area contributed by atoms with Gasteiger partial charge in [-0.2, -0.15) is 5.10 Å². The normalized spacial score (nSPS) is 10.6. The van der Waals surface area contributed by atoms with Gasteiger partial charge in [0.05, 0.1) is 20.4 Å². The monoisotopic (exact) mass is 390 g/mol. The average molecular weight is 390 g/mol. The van der Waals surface area contributed by atoms with Gasteiger partial charge in [-0.15, -0.1) is 0 Å². The number of carbonyl (C=O) groups is 1. The number of benzene rings is 3. The van der Waals surface area contributed by atoms with Gasteiger partial charge in [0.1, 0.15) is 12.4 Å². The molecule has 0 aliphatic rings. The molecule has 0 radical (unpaired) electrons. The largest absolute Gasteiger partial charge is 0.497 e. The highest BCUT2D eigenvalue weighted by molar-refractivity contribution is 5.95. The molecule has 1 N–H and O–H groups in total. The summed E-state index contributed by atoms with van der Waals surface area (Å²) in [5.74, 6) is 1.50. The van der Waals surface area contributed by atoms with Gasteiger partial charge >= 0.3 is 0 Å². The predicted molar refractivity (Wildman–Crippen MR) is 112 cm³/mol. The summed E-state index contributed by atoms with van der Waals surface area (Å²) in [4.78, 5) is 12.2. The van der Waals surface area contributed by atoms with E-state index in [-0.39, 0.29) is 5.91 Å². The molecule has 0 aliphatic carbocycles. The Morgan fingerprint density at radius 1 is 0.931 bits per heavy atom. The van der Waals surface area contributed by atoms with Gasteiger partial charge in [0.2, 0.25) is 0 Å². The highest BCUT2D eigenvalue weighted by atomic mass is 16.5. The lowest BCUT2D eigenvalue weighted by atomic mass is 10.2. The molecule has 29 heavy (non-hydrogen) atoms. The maximum Gasteiger partial charge on any atom is 0.271 e. The summed E-state index contributed by atoms with van der Waals surface area (Å²) >= 11 is 0. The van der Waals surface area contributed by atoms with Crippen molar-refractivity contribution in [3.63, 3.8) is 0 Å². The molecule has 148 valence electrons. The summed E-state index contributed by atoms with van der Waals surface area (Å²) in [6, 6.07) is 22.2. The molecule has 0 saturated carbocycles. The molecule has 0 heterocycles. The van der Waals surface area contributed by atoms with Crippen LogP contribution in [-0.4, -0.2) is 26.3 Å². The minimum absolute atomic E-state index is 0.324. The second kappa shape index (κ2) is 9.94. The molecular formula is C23H22N2O4. The van der Waals surface area contributed by atoms with E-state index < -0.39 is 0 Å². The zero-order chi connectivity index (χ0) is 20.5. The third-order valence-electron chi connectivity index (χ3n) is 4.14. The van der Waals surface area contributed by atoms with Crippen LogP contribution >= 0.6 is 0 Å². The minimum Gasteiger partial charge on any atom is -0.497 e. The Kier molecular flexibility index (Phi) is 6.84. The lowest BCUT2D eigenvalue weighted by Gasteiger charge is -2.11. The van der Waals surface area contributed by atoms with Crippen molar-refractivity contribution in [1.82, 2.24) is 5.43 Å². The van der Waals surface area contributed by atoms with Crippen molar-refractivity contribution in [2.24, 2.45) is 5.10 Å². The number of carbonyl (C=O) groups excluding carboxylic acids is 1. The zero-order valence-corrected chi connectivity index (χ0v) is 16.3. The fraction of sp³-hybridized carbons (Fsp3) is 0.130. The van der Waals surface area contributed by atoms with Crippen LogP contribution in [0.2, 0.25) is 0 Å². The van der Waals surface area contributed by atoms with Crippen molar-refractivity contribution >= 4 is 12.1 Å². The van der Waals surface area contributed by atoms with Gasteiger partial charge in [0, 0.05) is 5.56 Å². The van der Waals surface area contributed by atoms with E-state index in [0.717, 1.165) is 11.1 Å². The van der Waals surface area contributed by atoms with E-state index in [0.29, 0.717) is 29.4 Å². The zero-order valence-electron chi connectivity index (χ0n) is 16.3.